The number of nitrogens with zero attached hydrogens (tertiary/aromatic N) is 2. The summed E-state index contributed by atoms with van der Waals surface area (Å²) in [5, 5.41) is 5.24. The molecule has 1 atom stereocenters. The first-order chi connectivity index (χ1) is 11.3. The number of morpholine rings is 1. The molecule has 1 aromatic carbocycles. The van der Waals surface area contributed by atoms with Crippen molar-refractivity contribution in [2.24, 2.45) is 10.7 Å². The summed E-state index contributed by atoms with van der Waals surface area (Å²) in [6.45, 7) is 4.08. The highest BCUT2D eigenvalue weighted by molar-refractivity contribution is 14.0. The fourth-order valence-corrected chi connectivity index (χ4v) is 3.50. The van der Waals surface area contributed by atoms with Gasteiger partial charge in [-0.2, -0.15) is 0 Å². The van der Waals surface area contributed by atoms with E-state index in [4.69, 9.17) is 10.5 Å². The Morgan fingerprint density at radius 1 is 1.21 bits per heavy atom. The highest BCUT2D eigenvalue weighted by Crippen LogP contribution is 2.26. The SMILES string of the molecule is I.NC(=NCC(c1cccs1)N1CCOCC1)Nc1ccccc1. The number of halogens is 1. The number of para-hydroxylation sites is 1. The number of hydrogen-bond donors (Lipinski definition) is 2. The van der Waals surface area contributed by atoms with Crippen LogP contribution in [-0.2, 0) is 4.74 Å². The Morgan fingerprint density at radius 3 is 2.62 bits per heavy atom. The molecule has 0 amide bonds. The Bertz CT molecular complexity index is 615. The topological polar surface area (TPSA) is 62.9 Å². The molecule has 1 aliphatic heterocycles. The molecule has 0 radical (unpaired) electrons. The van der Waals surface area contributed by atoms with Crippen LogP contribution in [0.4, 0.5) is 5.69 Å². The largest absolute Gasteiger partial charge is 0.379 e. The maximum Gasteiger partial charge on any atom is 0.193 e. The summed E-state index contributed by atoms with van der Waals surface area (Å²) >= 11 is 1.77. The summed E-state index contributed by atoms with van der Waals surface area (Å²) in [6, 6.07) is 14.4. The second-order valence-corrected chi connectivity index (χ2v) is 6.38. The summed E-state index contributed by atoms with van der Waals surface area (Å²) in [6.07, 6.45) is 0. The molecule has 0 spiro atoms. The van der Waals surface area contributed by atoms with Gasteiger partial charge in [0.15, 0.2) is 5.96 Å². The molecule has 5 nitrogen and oxygen atoms in total. The van der Waals surface area contributed by atoms with Crippen molar-refractivity contribution >= 4 is 47.0 Å². The lowest BCUT2D eigenvalue weighted by Gasteiger charge is -2.33. The van der Waals surface area contributed by atoms with Crippen LogP contribution in [0.3, 0.4) is 0 Å². The van der Waals surface area contributed by atoms with Gasteiger partial charge < -0.3 is 15.8 Å². The third-order valence-electron chi connectivity index (χ3n) is 3.84. The van der Waals surface area contributed by atoms with Crippen molar-refractivity contribution in [3.8, 4) is 0 Å². The Morgan fingerprint density at radius 2 is 1.96 bits per heavy atom. The van der Waals surface area contributed by atoms with Crippen molar-refractivity contribution in [2.45, 2.75) is 6.04 Å². The van der Waals surface area contributed by atoms with Gasteiger partial charge in [0.2, 0.25) is 0 Å². The monoisotopic (exact) mass is 458 g/mol. The maximum atomic E-state index is 6.04. The van der Waals surface area contributed by atoms with E-state index < -0.39 is 0 Å². The van der Waals surface area contributed by atoms with Crippen LogP contribution in [-0.4, -0.2) is 43.7 Å². The van der Waals surface area contributed by atoms with E-state index in [1.807, 2.05) is 30.3 Å². The molecule has 3 N–H and O–H groups in total. The van der Waals surface area contributed by atoms with E-state index in [0.717, 1.165) is 32.0 Å². The molecule has 0 bridgehead atoms. The van der Waals surface area contributed by atoms with E-state index in [1.165, 1.54) is 4.88 Å². The van der Waals surface area contributed by atoms with Crippen LogP contribution in [0.1, 0.15) is 10.9 Å². The van der Waals surface area contributed by atoms with Crippen LogP contribution >= 0.6 is 35.3 Å². The molecule has 1 saturated heterocycles. The van der Waals surface area contributed by atoms with E-state index in [-0.39, 0.29) is 30.0 Å². The van der Waals surface area contributed by atoms with E-state index >= 15 is 0 Å². The second kappa shape index (κ2) is 9.97. The third-order valence-corrected chi connectivity index (χ3v) is 4.81. The van der Waals surface area contributed by atoms with Crippen molar-refractivity contribution in [1.29, 1.82) is 0 Å². The standard InChI is InChI=1S/C17H22N4OS.HI/c18-17(20-14-5-2-1-3-6-14)19-13-15(16-7-4-12-23-16)21-8-10-22-11-9-21;/h1-7,12,15H,8-11,13H2,(H3,18,19,20);1H. The first-order valence-electron chi connectivity index (χ1n) is 7.80. The van der Waals surface area contributed by atoms with Crippen molar-refractivity contribution in [1.82, 2.24) is 4.90 Å². The fourth-order valence-electron chi connectivity index (χ4n) is 2.65. The number of nitrogens with two attached hydrogens (primary N) is 1. The number of benzene rings is 1. The molecule has 2 heterocycles. The molecule has 1 unspecified atom stereocenters. The number of thiophene rings is 1. The average Bonchev–Trinajstić information content (AvgIpc) is 3.11. The summed E-state index contributed by atoms with van der Waals surface area (Å²) in [7, 11) is 0. The molecule has 2 aromatic rings. The van der Waals surface area contributed by atoms with Gasteiger partial charge in [0.05, 0.1) is 25.8 Å². The molecule has 7 heteroatoms. The van der Waals surface area contributed by atoms with Crippen molar-refractivity contribution in [3.63, 3.8) is 0 Å². The number of nitrogens with one attached hydrogen (secondary N) is 1. The summed E-state index contributed by atoms with van der Waals surface area (Å²) in [4.78, 5) is 8.31. The highest BCUT2D eigenvalue weighted by Gasteiger charge is 2.23. The zero-order valence-corrected chi connectivity index (χ0v) is 16.6. The quantitative estimate of drug-likeness (QED) is 0.411. The Hall–Kier alpha value is -1.16. The number of guanidine groups is 1. The second-order valence-electron chi connectivity index (χ2n) is 5.40. The molecule has 3 rings (SSSR count). The summed E-state index contributed by atoms with van der Waals surface area (Å²) < 4.78 is 5.46. The van der Waals surface area contributed by atoms with Gasteiger partial charge in [0.1, 0.15) is 0 Å². The van der Waals surface area contributed by atoms with Crippen LogP contribution < -0.4 is 11.1 Å². The van der Waals surface area contributed by atoms with Crippen LogP contribution in [0, 0.1) is 0 Å². The Balaban J connectivity index is 0.00000208. The Labute approximate surface area is 163 Å². The molecule has 1 aliphatic rings. The number of ether oxygens (including phenoxy) is 1. The molecule has 130 valence electrons. The summed E-state index contributed by atoms with van der Waals surface area (Å²) in [5.74, 6) is 0.450. The number of hydrogen-bond acceptors (Lipinski definition) is 4. The minimum Gasteiger partial charge on any atom is -0.379 e. The highest BCUT2D eigenvalue weighted by atomic mass is 127. The molecule has 1 aromatic heterocycles. The van der Waals surface area contributed by atoms with Crippen LogP contribution in [0.5, 0.6) is 0 Å². The molecule has 0 saturated carbocycles. The van der Waals surface area contributed by atoms with Gasteiger partial charge in [0, 0.05) is 23.7 Å². The van der Waals surface area contributed by atoms with Gasteiger partial charge in [-0.05, 0) is 23.6 Å². The first-order valence-corrected chi connectivity index (χ1v) is 8.68. The van der Waals surface area contributed by atoms with Gasteiger partial charge in [-0.15, -0.1) is 35.3 Å². The van der Waals surface area contributed by atoms with E-state index in [0.29, 0.717) is 12.5 Å². The van der Waals surface area contributed by atoms with E-state index in [2.05, 4.69) is 32.7 Å². The van der Waals surface area contributed by atoms with Gasteiger partial charge in [0.25, 0.3) is 0 Å². The maximum absolute atomic E-state index is 6.04. The number of aliphatic imine (C=N–C) groups is 1. The van der Waals surface area contributed by atoms with Gasteiger partial charge in [-0.1, -0.05) is 24.3 Å². The predicted molar refractivity (Wildman–Crippen MR) is 111 cm³/mol. The fraction of sp³-hybridized carbons (Fsp3) is 0.353. The zero-order chi connectivity index (χ0) is 15.9. The van der Waals surface area contributed by atoms with Gasteiger partial charge >= 0.3 is 0 Å². The van der Waals surface area contributed by atoms with Gasteiger partial charge in [-0.3, -0.25) is 9.89 Å². The van der Waals surface area contributed by atoms with E-state index in [1.54, 1.807) is 11.3 Å². The molecule has 0 aliphatic carbocycles. The van der Waals surface area contributed by atoms with Gasteiger partial charge in [-0.25, -0.2) is 0 Å². The van der Waals surface area contributed by atoms with Crippen molar-refractivity contribution in [2.75, 3.05) is 38.2 Å². The smallest absolute Gasteiger partial charge is 0.193 e. The predicted octanol–water partition coefficient (Wildman–Crippen LogP) is 3.17. The first kappa shape index (κ1) is 19.2. The number of rotatable bonds is 5. The normalized spacial score (nSPS) is 17.1. The minimum atomic E-state index is 0. The van der Waals surface area contributed by atoms with E-state index in [9.17, 15) is 0 Å². The lowest BCUT2D eigenvalue weighted by atomic mass is 10.2. The van der Waals surface area contributed by atoms with Crippen molar-refractivity contribution < 1.29 is 4.74 Å². The average molecular weight is 458 g/mol. The summed E-state index contributed by atoms with van der Waals surface area (Å²) in [5.41, 5.74) is 6.99. The molecular formula is C17H23IN4OS. The van der Waals surface area contributed by atoms with Crippen LogP contribution in [0.25, 0.3) is 0 Å². The Kier molecular flexibility index (Phi) is 7.97. The molecule has 24 heavy (non-hydrogen) atoms. The molecule has 1 fully saturated rings. The number of anilines is 1. The molecular weight excluding hydrogens is 435 g/mol. The lowest BCUT2D eigenvalue weighted by Crippen LogP contribution is -2.40. The third kappa shape index (κ3) is 5.44. The van der Waals surface area contributed by atoms with Crippen LogP contribution in [0.2, 0.25) is 0 Å². The lowest BCUT2D eigenvalue weighted by molar-refractivity contribution is 0.0187. The minimum absolute atomic E-state index is 0. The van der Waals surface area contributed by atoms with Crippen LogP contribution in [0.15, 0.2) is 52.8 Å². The zero-order valence-electron chi connectivity index (χ0n) is 13.4. The van der Waals surface area contributed by atoms with Crippen molar-refractivity contribution in [3.05, 3.63) is 52.7 Å².